The Hall–Kier alpha value is -3.06. The molecule has 0 spiro atoms. The number of rotatable bonds is 5. The van der Waals surface area contributed by atoms with Gasteiger partial charge in [-0.2, -0.15) is 5.10 Å². The molecular weight excluding hydrogens is 312 g/mol. The van der Waals surface area contributed by atoms with E-state index in [1.165, 1.54) is 23.6 Å². The van der Waals surface area contributed by atoms with E-state index in [1.807, 2.05) is 24.3 Å². The number of hydrogen-bond donors (Lipinski definition) is 1. The van der Waals surface area contributed by atoms with E-state index < -0.39 is 4.92 Å². The third-order valence-corrected chi connectivity index (χ3v) is 3.96. The fourth-order valence-electron chi connectivity index (χ4n) is 2.00. The normalized spacial score (nSPS) is 11.5. The largest absolute Gasteiger partial charge is 0.276 e. The molecule has 1 heterocycles. The van der Waals surface area contributed by atoms with Crippen molar-refractivity contribution < 1.29 is 4.92 Å². The number of aromatic nitrogens is 1. The van der Waals surface area contributed by atoms with E-state index in [4.69, 9.17) is 0 Å². The zero-order valence-electron chi connectivity index (χ0n) is 11.9. The van der Waals surface area contributed by atoms with E-state index in [1.54, 1.807) is 30.4 Å². The van der Waals surface area contributed by atoms with Crippen molar-refractivity contribution in [2.24, 2.45) is 5.10 Å². The molecule has 1 aromatic heterocycles. The highest BCUT2D eigenvalue weighted by Crippen LogP contribution is 2.25. The molecule has 114 valence electrons. The van der Waals surface area contributed by atoms with Gasteiger partial charge in [-0.05, 0) is 30.4 Å². The third-order valence-electron chi connectivity index (χ3n) is 3.02. The topological polar surface area (TPSA) is 80.4 Å². The summed E-state index contributed by atoms with van der Waals surface area (Å²) in [4.78, 5) is 14.9. The number of fused-ring (bicyclic) bond motifs is 1. The molecule has 0 bridgehead atoms. The molecular formula is C16H12N4O2S. The van der Waals surface area contributed by atoms with Crippen LogP contribution in [0.25, 0.3) is 16.3 Å². The Labute approximate surface area is 136 Å². The van der Waals surface area contributed by atoms with Gasteiger partial charge in [0.1, 0.15) is 0 Å². The Morgan fingerprint density at radius 1 is 1.17 bits per heavy atom. The summed E-state index contributed by atoms with van der Waals surface area (Å²) in [6, 6.07) is 14.4. The maximum absolute atomic E-state index is 10.9. The molecule has 0 radical (unpaired) electrons. The third kappa shape index (κ3) is 3.58. The Morgan fingerprint density at radius 3 is 2.78 bits per heavy atom. The van der Waals surface area contributed by atoms with Crippen LogP contribution < -0.4 is 5.43 Å². The van der Waals surface area contributed by atoms with E-state index in [0.29, 0.717) is 10.7 Å². The summed E-state index contributed by atoms with van der Waals surface area (Å²) in [5.74, 6) is 0. The minimum Gasteiger partial charge on any atom is -0.258 e. The Morgan fingerprint density at radius 2 is 1.96 bits per heavy atom. The van der Waals surface area contributed by atoms with Crippen molar-refractivity contribution >= 4 is 44.7 Å². The summed E-state index contributed by atoms with van der Waals surface area (Å²) in [5.41, 5.74) is 4.37. The number of allylic oxidation sites excluding steroid dienone is 1. The quantitative estimate of drug-likeness (QED) is 0.430. The van der Waals surface area contributed by atoms with Crippen molar-refractivity contribution in [2.45, 2.75) is 0 Å². The monoisotopic (exact) mass is 324 g/mol. The molecule has 0 aliphatic heterocycles. The number of nitrogens with zero attached hydrogens (tertiary/aromatic N) is 3. The second kappa shape index (κ2) is 6.80. The second-order valence-electron chi connectivity index (χ2n) is 4.55. The van der Waals surface area contributed by atoms with Crippen LogP contribution in [0.15, 0.2) is 59.7 Å². The van der Waals surface area contributed by atoms with Crippen molar-refractivity contribution in [1.29, 1.82) is 0 Å². The van der Waals surface area contributed by atoms with Crippen LogP contribution in [0.2, 0.25) is 0 Å². The number of nitro groups is 1. The highest BCUT2D eigenvalue weighted by Gasteiger charge is 2.08. The van der Waals surface area contributed by atoms with Crippen LogP contribution >= 0.6 is 11.3 Å². The Balaban J connectivity index is 1.66. The standard InChI is InChI=1S/C16H12N4O2S/c21-20(22)14-9-3-1-6-12(14)7-5-11-17-19-16-18-13-8-2-4-10-15(13)23-16/h1-11H,(H,18,19)/b7-5-,17-11+. The summed E-state index contributed by atoms with van der Waals surface area (Å²) in [6.07, 6.45) is 4.81. The number of nitrogens with one attached hydrogen (secondary N) is 1. The van der Waals surface area contributed by atoms with Crippen LogP contribution in [0.5, 0.6) is 0 Å². The molecule has 0 amide bonds. The molecule has 0 saturated heterocycles. The average molecular weight is 324 g/mol. The minimum absolute atomic E-state index is 0.0660. The first-order valence-corrected chi connectivity index (χ1v) is 7.60. The van der Waals surface area contributed by atoms with Gasteiger partial charge in [0, 0.05) is 12.3 Å². The van der Waals surface area contributed by atoms with Gasteiger partial charge in [0.15, 0.2) is 0 Å². The zero-order chi connectivity index (χ0) is 16.1. The lowest BCUT2D eigenvalue weighted by molar-refractivity contribution is -0.385. The molecule has 7 heteroatoms. The number of thiazole rings is 1. The van der Waals surface area contributed by atoms with Gasteiger partial charge in [-0.3, -0.25) is 15.5 Å². The summed E-state index contributed by atoms with van der Waals surface area (Å²) in [6.45, 7) is 0. The summed E-state index contributed by atoms with van der Waals surface area (Å²) < 4.78 is 1.08. The lowest BCUT2D eigenvalue weighted by Gasteiger charge is -1.95. The number of anilines is 1. The fraction of sp³-hybridized carbons (Fsp3) is 0. The number of benzene rings is 2. The molecule has 0 unspecified atom stereocenters. The van der Waals surface area contributed by atoms with Gasteiger partial charge in [-0.1, -0.05) is 35.6 Å². The summed E-state index contributed by atoms with van der Waals surface area (Å²) in [5, 5.41) is 15.6. The van der Waals surface area contributed by atoms with Crippen LogP contribution in [0, 0.1) is 10.1 Å². The first-order valence-electron chi connectivity index (χ1n) is 6.79. The molecule has 0 aliphatic carbocycles. The highest BCUT2D eigenvalue weighted by molar-refractivity contribution is 7.22. The second-order valence-corrected chi connectivity index (χ2v) is 5.58. The van der Waals surface area contributed by atoms with Crippen LogP contribution in [0.3, 0.4) is 0 Å². The van der Waals surface area contributed by atoms with Crippen molar-refractivity contribution in [3.8, 4) is 0 Å². The van der Waals surface area contributed by atoms with Gasteiger partial charge >= 0.3 is 0 Å². The average Bonchev–Trinajstić information content (AvgIpc) is 2.97. The van der Waals surface area contributed by atoms with Gasteiger partial charge < -0.3 is 0 Å². The van der Waals surface area contributed by atoms with Crippen molar-refractivity contribution in [3.05, 3.63) is 70.3 Å². The van der Waals surface area contributed by atoms with Crippen LogP contribution in [-0.2, 0) is 0 Å². The van der Waals surface area contributed by atoms with Gasteiger partial charge in [0.25, 0.3) is 5.69 Å². The molecule has 1 N–H and O–H groups in total. The summed E-state index contributed by atoms with van der Waals surface area (Å²) >= 11 is 1.51. The number of para-hydroxylation sites is 2. The summed E-state index contributed by atoms with van der Waals surface area (Å²) in [7, 11) is 0. The first-order chi connectivity index (χ1) is 11.2. The Bertz CT molecular complexity index is 869. The van der Waals surface area contributed by atoms with Gasteiger partial charge in [0.2, 0.25) is 5.13 Å². The number of nitro benzene ring substituents is 1. The predicted molar refractivity (Wildman–Crippen MR) is 93.9 cm³/mol. The molecule has 3 rings (SSSR count). The van der Waals surface area contributed by atoms with Crippen LogP contribution in [0.4, 0.5) is 10.8 Å². The minimum atomic E-state index is -0.407. The maximum atomic E-state index is 10.9. The lowest BCUT2D eigenvalue weighted by atomic mass is 10.2. The fourth-order valence-corrected chi connectivity index (χ4v) is 2.81. The van der Waals surface area contributed by atoms with Crippen LogP contribution in [-0.4, -0.2) is 16.1 Å². The van der Waals surface area contributed by atoms with E-state index in [-0.39, 0.29) is 5.69 Å². The lowest BCUT2D eigenvalue weighted by Crippen LogP contribution is -1.90. The molecule has 2 aromatic carbocycles. The molecule has 0 fully saturated rings. The number of hydrazone groups is 1. The zero-order valence-corrected chi connectivity index (χ0v) is 12.7. The van der Waals surface area contributed by atoms with Gasteiger partial charge in [-0.25, -0.2) is 4.98 Å². The van der Waals surface area contributed by atoms with Crippen molar-refractivity contribution in [3.63, 3.8) is 0 Å². The van der Waals surface area contributed by atoms with E-state index in [2.05, 4.69) is 15.5 Å². The molecule has 0 atom stereocenters. The predicted octanol–water partition coefficient (Wildman–Crippen LogP) is 4.32. The van der Waals surface area contributed by atoms with E-state index >= 15 is 0 Å². The van der Waals surface area contributed by atoms with Gasteiger partial charge in [-0.15, -0.1) is 0 Å². The molecule has 0 saturated carbocycles. The molecule has 0 aliphatic rings. The molecule has 23 heavy (non-hydrogen) atoms. The maximum Gasteiger partial charge on any atom is 0.276 e. The van der Waals surface area contributed by atoms with E-state index in [9.17, 15) is 10.1 Å². The number of hydrogen-bond acceptors (Lipinski definition) is 6. The SMILES string of the molecule is O=[N+]([O-])c1ccccc1/C=C\C=N\Nc1nc2ccccc2s1. The van der Waals surface area contributed by atoms with Crippen molar-refractivity contribution in [2.75, 3.05) is 5.43 Å². The Kier molecular flexibility index (Phi) is 4.39. The van der Waals surface area contributed by atoms with Crippen molar-refractivity contribution in [1.82, 2.24) is 4.98 Å². The first kappa shape index (κ1) is 14.9. The van der Waals surface area contributed by atoms with Crippen LogP contribution in [0.1, 0.15) is 5.56 Å². The smallest absolute Gasteiger partial charge is 0.258 e. The van der Waals surface area contributed by atoms with E-state index in [0.717, 1.165) is 10.2 Å². The van der Waals surface area contributed by atoms with Gasteiger partial charge in [0.05, 0.1) is 20.7 Å². The molecule has 6 nitrogen and oxygen atoms in total. The molecule has 3 aromatic rings. The highest BCUT2D eigenvalue weighted by atomic mass is 32.1.